The molecule has 0 aliphatic carbocycles. The number of carboxylic acid groups (broad SMARTS) is 1. The van der Waals surface area contributed by atoms with E-state index < -0.39 is 29.8 Å². The van der Waals surface area contributed by atoms with E-state index in [0.717, 1.165) is 0 Å². The van der Waals surface area contributed by atoms with Gasteiger partial charge in [-0.2, -0.15) is 0 Å². The second-order valence-electron chi connectivity index (χ2n) is 3.48. The number of hydrogen-bond donors (Lipinski definition) is 3. The monoisotopic (exact) mass is 260 g/mol. The molecule has 8 heteroatoms. The number of methoxy groups -OCH3 is 1. The third kappa shape index (κ3) is 7.20. The van der Waals surface area contributed by atoms with E-state index in [1.54, 1.807) is 0 Å². The topological polar surface area (TPSA) is 122 Å². The fourth-order valence-electron chi connectivity index (χ4n) is 1.07. The highest BCUT2D eigenvalue weighted by Crippen LogP contribution is 1.99. The summed E-state index contributed by atoms with van der Waals surface area (Å²) in [7, 11) is 1.19. The lowest BCUT2D eigenvalue weighted by Crippen LogP contribution is -2.45. The van der Waals surface area contributed by atoms with Crippen LogP contribution in [-0.2, 0) is 23.9 Å². The van der Waals surface area contributed by atoms with E-state index in [2.05, 4.69) is 15.4 Å². The van der Waals surface area contributed by atoms with Gasteiger partial charge in [0.25, 0.3) is 0 Å². The van der Waals surface area contributed by atoms with Crippen LogP contribution in [0.1, 0.15) is 19.8 Å². The van der Waals surface area contributed by atoms with E-state index in [9.17, 15) is 19.2 Å². The van der Waals surface area contributed by atoms with Crippen molar-refractivity contribution in [3.8, 4) is 0 Å². The van der Waals surface area contributed by atoms with Crippen molar-refractivity contribution >= 4 is 23.8 Å². The summed E-state index contributed by atoms with van der Waals surface area (Å²) in [6.45, 7) is 0.927. The molecule has 0 aromatic carbocycles. The maximum atomic E-state index is 11.3. The fourth-order valence-corrected chi connectivity index (χ4v) is 1.07. The van der Waals surface area contributed by atoms with Crippen molar-refractivity contribution in [2.75, 3.05) is 13.7 Å². The molecular formula is C10H16N2O6. The molecule has 3 N–H and O–H groups in total. The predicted molar refractivity (Wildman–Crippen MR) is 59.5 cm³/mol. The molecule has 2 amide bonds. The zero-order valence-electron chi connectivity index (χ0n) is 10.2. The largest absolute Gasteiger partial charge is 0.480 e. The number of rotatable bonds is 7. The lowest BCUT2D eigenvalue weighted by atomic mass is 10.1. The lowest BCUT2D eigenvalue weighted by molar-refractivity contribution is -0.144. The van der Waals surface area contributed by atoms with Gasteiger partial charge in [0.15, 0.2) is 0 Å². The molecule has 0 heterocycles. The Labute approximate surface area is 104 Å². The molecule has 0 unspecified atom stereocenters. The minimum Gasteiger partial charge on any atom is -0.480 e. The van der Waals surface area contributed by atoms with Crippen molar-refractivity contribution in [1.82, 2.24) is 10.6 Å². The normalized spacial score (nSPS) is 11.2. The first-order chi connectivity index (χ1) is 8.36. The highest BCUT2D eigenvalue weighted by molar-refractivity contribution is 5.87. The molecule has 0 saturated carbocycles. The van der Waals surface area contributed by atoms with Crippen LogP contribution in [0, 0.1) is 0 Å². The summed E-state index contributed by atoms with van der Waals surface area (Å²) in [5.74, 6) is -2.85. The van der Waals surface area contributed by atoms with E-state index in [4.69, 9.17) is 5.11 Å². The molecule has 102 valence electrons. The molecule has 0 aliphatic rings. The highest BCUT2D eigenvalue weighted by atomic mass is 16.5. The van der Waals surface area contributed by atoms with Crippen molar-refractivity contribution in [1.29, 1.82) is 0 Å². The van der Waals surface area contributed by atoms with Gasteiger partial charge in [-0.25, -0.2) is 4.79 Å². The summed E-state index contributed by atoms with van der Waals surface area (Å²) in [5.41, 5.74) is 0. The third-order valence-electron chi connectivity index (χ3n) is 2.00. The fraction of sp³-hybridized carbons (Fsp3) is 0.600. The first kappa shape index (κ1) is 15.9. The summed E-state index contributed by atoms with van der Waals surface area (Å²) >= 11 is 0. The first-order valence-electron chi connectivity index (χ1n) is 5.20. The minimum absolute atomic E-state index is 0.0756. The van der Waals surface area contributed by atoms with Crippen LogP contribution in [0.3, 0.4) is 0 Å². The van der Waals surface area contributed by atoms with Crippen LogP contribution in [0.4, 0.5) is 0 Å². The highest BCUT2D eigenvalue weighted by Gasteiger charge is 2.21. The molecule has 8 nitrogen and oxygen atoms in total. The Morgan fingerprint density at radius 2 is 1.89 bits per heavy atom. The van der Waals surface area contributed by atoms with E-state index in [-0.39, 0.29) is 19.4 Å². The van der Waals surface area contributed by atoms with Gasteiger partial charge < -0.3 is 20.5 Å². The number of carboxylic acids is 1. The summed E-state index contributed by atoms with van der Waals surface area (Å²) in [6.07, 6.45) is -0.193. The summed E-state index contributed by atoms with van der Waals surface area (Å²) < 4.78 is 4.36. The van der Waals surface area contributed by atoms with Gasteiger partial charge in [0.05, 0.1) is 13.7 Å². The average molecular weight is 260 g/mol. The van der Waals surface area contributed by atoms with E-state index >= 15 is 0 Å². The van der Waals surface area contributed by atoms with Crippen LogP contribution in [0.25, 0.3) is 0 Å². The van der Waals surface area contributed by atoms with Crippen LogP contribution >= 0.6 is 0 Å². The molecular weight excluding hydrogens is 244 g/mol. The number of nitrogens with one attached hydrogen (secondary N) is 2. The zero-order chi connectivity index (χ0) is 14.1. The zero-order valence-corrected chi connectivity index (χ0v) is 10.2. The Morgan fingerprint density at radius 1 is 1.28 bits per heavy atom. The molecule has 0 fully saturated rings. The van der Waals surface area contributed by atoms with Crippen LogP contribution in [0.15, 0.2) is 0 Å². The number of carbonyl (C=O) groups excluding carboxylic acids is 3. The van der Waals surface area contributed by atoms with Crippen molar-refractivity contribution in [3.05, 3.63) is 0 Å². The van der Waals surface area contributed by atoms with Gasteiger partial charge in [-0.05, 0) is 6.42 Å². The SMILES string of the molecule is COC(=O)CC[C@@H](NC(=O)CNC(C)=O)C(=O)O. The molecule has 0 aromatic heterocycles. The molecule has 0 bridgehead atoms. The Morgan fingerprint density at radius 3 is 2.33 bits per heavy atom. The molecule has 0 radical (unpaired) electrons. The molecule has 1 atom stereocenters. The van der Waals surface area contributed by atoms with Gasteiger partial charge >= 0.3 is 11.9 Å². The molecule has 18 heavy (non-hydrogen) atoms. The summed E-state index contributed by atoms with van der Waals surface area (Å²) in [5, 5.41) is 13.3. The van der Waals surface area contributed by atoms with Gasteiger partial charge in [-0.1, -0.05) is 0 Å². The Hall–Kier alpha value is -2.12. The van der Waals surface area contributed by atoms with E-state index in [1.165, 1.54) is 14.0 Å². The number of amides is 2. The van der Waals surface area contributed by atoms with E-state index in [1.807, 2.05) is 0 Å². The van der Waals surface area contributed by atoms with Crippen molar-refractivity contribution in [3.63, 3.8) is 0 Å². The molecule has 0 aromatic rings. The minimum atomic E-state index is -1.25. The van der Waals surface area contributed by atoms with Gasteiger partial charge in [-0.15, -0.1) is 0 Å². The Bertz CT molecular complexity index is 341. The Balaban J connectivity index is 4.18. The maximum Gasteiger partial charge on any atom is 0.326 e. The average Bonchev–Trinajstić information content (AvgIpc) is 2.30. The quantitative estimate of drug-likeness (QED) is 0.486. The maximum absolute atomic E-state index is 11.3. The van der Waals surface area contributed by atoms with Crippen LogP contribution < -0.4 is 10.6 Å². The number of ether oxygens (including phenoxy) is 1. The molecule has 0 spiro atoms. The Kier molecular flexibility index (Phi) is 7.10. The number of aliphatic carboxylic acids is 1. The van der Waals surface area contributed by atoms with Gasteiger partial charge in [0, 0.05) is 13.3 Å². The van der Waals surface area contributed by atoms with Gasteiger partial charge in [-0.3, -0.25) is 14.4 Å². The van der Waals surface area contributed by atoms with Crippen LogP contribution in [-0.4, -0.2) is 48.6 Å². The molecule has 0 rings (SSSR count). The second kappa shape index (κ2) is 8.04. The number of esters is 1. The van der Waals surface area contributed by atoms with Crippen molar-refractivity contribution in [2.24, 2.45) is 0 Å². The van der Waals surface area contributed by atoms with Gasteiger partial charge in [0.2, 0.25) is 11.8 Å². The summed E-state index contributed by atoms with van der Waals surface area (Å²) in [6, 6.07) is -1.19. The second-order valence-corrected chi connectivity index (χ2v) is 3.48. The van der Waals surface area contributed by atoms with Crippen molar-refractivity contribution in [2.45, 2.75) is 25.8 Å². The number of carbonyl (C=O) groups is 4. The lowest BCUT2D eigenvalue weighted by Gasteiger charge is -2.13. The van der Waals surface area contributed by atoms with Crippen LogP contribution in [0.5, 0.6) is 0 Å². The molecule has 0 aliphatic heterocycles. The van der Waals surface area contributed by atoms with Gasteiger partial charge in [0.1, 0.15) is 6.04 Å². The standard InChI is InChI=1S/C10H16N2O6/c1-6(13)11-5-8(14)12-7(10(16)17)3-4-9(15)18-2/h7H,3-5H2,1-2H3,(H,11,13)(H,12,14)(H,16,17)/t7-/m1/s1. The number of hydrogen-bond acceptors (Lipinski definition) is 5. The first-order valence-corrected chi connectivity index (χ1v) is 5.20. The predicted octanol–water partition coefficient (Wildman–Crippen LogP) is -1.35. The smallest absolute Gasteiger partial charge is 0.326 e. The summed E-state index contributed by atoms with van der Waals surface area (Å²) in [4.78, 5) is 43.5. The van der Waals surface area contributed by atoms with Crippen molar-refractivity contribution < 1.29 is 29.0 Å². The third-order valence-corrected chi connectivity index (χ3v) is 2.00. The van der Waals surface area contributed by atoms with E-state index in [0.29, 0.717) is 0 Å². The molecule has 0 saturated heterocycles. The van der Waals surface area contributed by atoms with Crippen LogP contribution in [0.2, 0.25) is 0 Å².